The molecular weight excluding hydrogens is 400 g/mol. The fourth-order valence-corrected chi connectivity index (χ4v) is 4.67. The molecule has 0 bridgehead atoms. The van der Waals surface area contributed by atoms with Crippen molar-refractivity contribution in [2.75, 3.05) is 7.11 Å². The summed E-state index contributed by atoms with van der Waals surface area (Å²) in [6.45, 7) is 2.32. The number of aryl methyl sites for hydroxylation is 1. The van der Waals surface area contributed by atoms with Crippen LogP contribution in [0.15, 0.2) is 48.7 Å². The molecule has 164 valence electrons. The van der Waals surface area contributed by atoms with E-state index < -0.39 is 0 Å². The Bertz CT molecular complexity index is 1270. The van der Waals surface area contributed by atoms with Crippen LogP contribution in [0.25, 0.3) is 33.1 Å². The molecule has 1 saturated carbocycles. The first kappa shape index (κ1) is 20.5. The van der Waals surface area contributed by atoms with Crippen LogP contribution in [0, 0.1) is 0 Å². The van der Waals surface area contributed by atoms with Gasteiger partial charge in [-0.25, -0.2) is 0 Å². The third-order valence-corrected chi connectivity index (χ3v) is 6.43. The highest BCUT2D eigenvalue weighted by Gasteiger charge is 2.21. The van der Waals surface area contributed by atoms with Crippen molar-refractivity contribution in [2.24, 2.45) is 0 Å². The number of carbonyl (C=O) groups is 1. The molecule has 0 saturated heterocycles. The SMILES string of the molecule is CCc1ccc(-c2nn(CC(=O)NC3CCCC3)c3c2cnc2ccc(OC)cc23)cc1. The molecular formula is C26H28N4O2. The molecule has 1 aliphatic rings. The lowest BCUT2D eigenvalue weighted by atomic mass is 10.0. The van der Waals surface area contributed by atoms with Crippen LogP contribution in [-0.4, -0.2) is 33.8 Å². The number of carbonyl (C=O) groups excluding carboxylic acids is 1. The van der Waals surface area contributed by atoms with Crippen LogP contribution in [0.3, 0.4) is 0 Å². The summed E-state index contributed by atoms with van der Waals surface area (Å²) in [4.78, 5) is 17.6. The topological polar surface area (TPSA) is 69.0 Å². The molecule has 0 spiro atoms. The number of ether oxygens (including phenoxy) is 1. The molecule has 6 heteroatoms. The lowest BCUT2D eigenvalue weighted by molar-refractivity contribution is -0.122. The van der Waals surface area contributed by atoms with Crippen molar-refractivity contribution >= 4 is 27.7 Å². The third kappa shape index (κ3) is 3.81. The quantitative estimate of drug-likeness (QED) is 0.475. The van der Waals surface area contributed by atoms with Crippen molar-refractivity contribution < 1.29 is 9.53 Å². The second kappa shape index (κ2) is 8.61. The molecule has 0 atom stereocenters. The van der Waals surface area contributed by atoms with E-state index in [1.807, 2.05) is 29.1 Å². The Morgan fingerprint density at radius 1 is 1.12 bits per heavy atom. The van der Waals surface area contributed by atoms with E-state index >= 15 is 0 Å². The molecule has 6 nitrogen and oxygen atoms in total. The standard InChI is InChI=1S/C26H28N4O2/c1-3-17-8-10-18(11-9-17)25-22-15-27-23-13-12-20(32-2)14-21(23)26(22)30(29-25)16-24(31)28-19-6-4-5-7-19/h8-15,19H,3-7,16H2,1-2H3,(H,28,31). The van der Waals surface area contributed by atoms with Gasteiger partial charge in [-0.1, -0.05) is 44.0 Å². The molecule has 1 N–H and O–H groups in total. The minimum Gasteiger partial charge on any atom is -0.497 e. The second-order valence-electron chi connectivity index (χ2n) is 8.51. The predicted octanol–water partition coefficient (Wildman–Crippen LogP) is 4.88. The number of pyridine rings is 1. The number of aromatic nitrogens is 3. The normalized spacial score (nSPS) is 14.3. The number of hydrogen-bond donors (Lipinski definition) is 1. The maximum Gasteiger partial charge on any atom is 0.241 e. The van der Waals surface area contributed by atoms with Crippen LogP contribution in [0.1, 0.15) is 38.2 Å². The van der Waals surface area contributed by atoms with Gasteiger partial charge < -0.3 is 10.1 Å². The highest BCUT2D eigenvalue weighted by molar-refractivity contribution is 6.08. The summed E-state index contributed by atoms with van der Waals surface area (Å²) in [5.41, 5.74) is 4.90. The maximum absolute atomic E-state index is 12.9. The third-order valence-electron chi connectivity index (χ3n) is 6.43. The smallest absolute Gasteiger partial charge is 0.241 e. The highest BCUT2D eigenvalue weighted by Crippen LogP contribution is 2.33. The molecule has 2 aromatic carbocycles. The Morgan fingerprint density at radius 3 is 2.62 bits per heavy atom. The van der Waals surface area contributed by atoms with Crippen molar-refractivity contribution in [3.63, 3.8) is 0 Å². The van der Waals surface area contributed by atoms with Crippen LogP contribution >= 0.6 is 0 Å². The molecule has 1 fully saturated rings. The molecule has 2 heterocycles. The van der Waals surface area contributed by atoms with Crippen LogP contribution in [0.2, 0.25) is 0 Å². The van der Waals surface area contributed by atoms with Gasteiger partial charge in [-0.05, 0) is 43.0 Å². The number of nitrogens with zero attached hydrogens (tertiary/aromatic N) is 3. The molecule has 5 rings (SSSR count). The van der Waals surface area contributed by atoms with Gasteiger partial charge in [0.2, 0.25) is 5.91 Å². The van der Waals surface area contributed by atoms with Gasteiger partial charge in [0.15, 0.2) is 0 Å². The van der Waals surface area contributed by atoms with Gasteiger partial charge in [0.1, 0.15) is 18.0 Å². The van der Waals surface area contributed by atoms with Gasteiger partial charge in [0.25, 0.3) is 0 Å². The predicted molar refractivity (Wildman–Crippen MR) is 127 cm³/mol. The monoisotopic (exact) mass is 428 g/mol. The zero-order chi connectivity index (χ0) is 22.1. The summed E-state index contributed by atoms with van der Waals surface area (Å²) in [6.07, 6.45) is 7.34. The average Bonchev–Trinajstić information content (AvgIpc) is 3.46. The maximum atomic E-state index is 12.9. The summed E-state index contributed by atoms with van der Waals surface area (Å²) in [6, 6.07) is 14.6. The molecule has 1 aliphatic carbocycles. The molecule has 1 amide bonds. The number of fused-ring (bicyclic) bond motifs is 3. The van der Waals surface area contributed by atoms with E-state index in [4.69, 9.17) is 9.84 Å². The fraction of sp³-hybridized carbons (Fsp3) is 0.346. The number of nitrogens with one attached hydrogen (secondary N) is 1. The van der Waals surface area contributed by atoms with E-state index in [1.54, 1.807) is 7.11 Å². The van der Waals surface area contributed by atoms with Crippen molar-refractivity contribution in [3.05, 3.63) is 54.2 Å². The Hall–Kier alpha value is -3.41. The van der Waals surface area contributed by atoms with Crippen molar-refractivity contribution in [1.29, 1.82) is 0 Å². The first-order valence-electron chi connectivity index (χ1n) is 11.4. The van der Waals surface area contributed by atoms with E-state index in [0.29, 0.717) is 0 Å². The summed E-state index contributed by atoms with van der Waals surface area (Å²) in [5.74, 6) is 0.755. The zero-order valence-corrected chi connectivity index (χ0v) is 18.6. The Morgan fingerprint density at radius 2 is 1.91 bits per heavy atom. The van der Waals surface area contributed by atoms with Crippen LogP contribution < -0.4 is 10.1 Å². The Balaban J connectivity index is 1.63. The summed E-state index contributed by atoms with van der Waals surface area (Å²) < 4.78 is 7.29. The van der Waals surface area contributed by atoms with Gasteiger partial charge in [-0.3, -0.25) is 14.5 Å². The first-order chi connectivity index (χ1) is 15.7. The van der Waals surface area contributed by atoms with E-state index in [1.165, 1.54) is 18.4 Å². The highest BCUT2D eigenvalue weighted by atomic mass is 16.5. The lowest BCUT2D eigenvalue weighted by Crippen LogP contribution is -2.35. The van der Waals surface area contributed by atoms with E-state index in [-0.39, 0.29) is 18.5 Å². The van der Waals surface area contributed by atoms with Crippen LogP contribution in [0.5, 0.6) is 5.75 Å². The zero-order valence-electron chi connectivity index (χ0n) is 18.6. The second-order valence-corrected chi connectivity index (χ2v) is 8.51. The van der Waals surface area contributed by atoms with Gasteiger partial charge in [-0.2, -0.15) is 5.10 Å². The van der Waals surface area contributed by atoms with Crippen molar-refractivity contribution in [3.8, 4) is 17.0 Å². The molecule has 0 aliphatic heterocycles. The van der Waals surface area contributed by atoms with E-state index in [2.05, 4.69) is 41.5 Å². The molecule has 2 aromatic heterocycles. The van der Waals surface area contributed by atoms with Crippen LogP contribution in [-0.2, 0) is 17.8 Å². The summed E-state index contributed by atoms with van der Waals surface area (Å²) in [7, 11) is 1.65. The van der Waals surface area contributed by atoms with Crippen LogP contribution in [0.4, 0.5) is 0 Å². The fourth-order valence-electron chi connectivity index (χ4n) is 4.67. The largest absolute Gasteiger partial charge is 0.497 e. The van der Waals surface area contributed by atoms with E-state index in [9.17, 15) is 4.79 Å². The summed E-state index contributed by atoms with van der Waals surface area (Å²) in [5, 5.41) is 9.96. The molecule has 32 heavy (non-hydrogen) atoms. The molecule has 0 unspecified atom stereocenters. The lowest BCUT2D eigenvalue weighted by Gasteiger charge is -2.12. The summed E-state index contributed by atoms with van der Waals surface area (Å²) >= 11 is 0. The number of methoxy groups -OCH3 is 1. The van der Waals surface area contributed by atoms with Gasteiger partial charge >= 0.3 is 0 Å². The van der Waals surface area contributed by atoms with Gasteiger partial charge in [0, 0.05) is 28.6 Å². The number of amides is 1. The molecule has 0 radical (unpaired) electrons. The first-order valence-corrected chi connectivity index (χ1v) is 11.4. The minimum atomic E-state index is 0.00189. The van der Waals surface area contributed by atoms with Crippen molar-refractivity contribution in [2.45, 2.75) is 51.6 Å². The Kier molecular flexibility index (Phi) is 5.52. The average molecular weight is 429 g/mol. The van der Waals surface area contributed by atoms with Gasteiger partial charge in [0.05, 0.1) is 18.1 Å². The van der Waals surface area contributed by atoms with Gasteiger partial charge in [-0.15, -0.1) is 0 Å². The van der Waals surface area contributed by atoms with Crippen molar-refractivity contribution in [1.82, 2.24) is 20.1 Å². The number of hydrogen-bond acceptors (Lipinski definition) is 4. The molecule has 4 aromatic rings. The minimum absolute atomic E-state index is 0.00189. The number of benzene rings is 2. The Labute approximate surface area is 187 Å². The number of rotatable bonds is 6. The van der Waals surface area contributed by atoms with E-state index in [0.717, 1.165) is 58.1 Å².